The summed E-state index contributed by atoms with van der Waals surface area (Å²) in [5.41, 5.74) is 4.56. The van der Waals surface area contributed by atoms with Gasteiger partial charge >= 0.3 is 5.82 Å². The van der Waals surface area contributed by atoms with Crippen molar-refractivity contribution < 1.29 is 14.6 Å². The molecule has 1 aromatic rings. The van der Waals surface area contributed by atoms with Crippen LogP contribution < -0.4 is 5.48 Å². The fourth-order valence-electron chi connectivity index (χ4n) is 2.03. The van der Waals surface area contributed by atoms with Crippen LogP contribution in [0.5, 0.6) is 0 Å². The number of allylic oxidation sites excluding steroid dienone is 5. The molecule has 0 spiro atoms. The molecule has 0 saturated carbocycles. The van der Waals surface area contributed by atoms with Gasteiger partial charge < -0.3 is 10.1 Å². The van der Waals surface area contributed by atoms with Crippen LogP contribution in [0.15, 0.2) is 41.3 Å². The van der Waals surface area contributed by atoms with Crippen LogP contribution in [0.3, 0.4) is 0 Å². The summed E-state index contributed by atoms with van der Waals surface area (Å²) in [5.74, 6) is 2.20. The first-order chi connectivity index (χ1) is 11.1. The Morgan fingerprint density at radius 1 is 1.57 bits per heavy atom. The number of nitro groups is 1. The highest BCUT2D eigenvalue weighted by Crippen LogP contribution is 2.22. The third-order valence-corrected chi connectivity index (χ3v) is 3.23. The molecule has 0 fully saturated rings. The van der Waals surface area contributed by atoms with Crippen molar-refractivity contribution in [3.63, 3.8) is 0 Å². The van der Waals surface area contributed by atoms with E-state index < -0.39 is 4.92 Å². The molecule has 23 heavy (non-hydrogen) atoms. The van der Waals surface area contributed by atoms with Gasteiger partial charge in [0.05, 0.1) is 19.2 Å². The van der Waals surface area contributed by atoms with E-state index in [1.54, 1.807) is 25.3 Å². The smallest absolute Gasteiger partial charge is 0.342 e. The molecule has 0 saturated heterocycles. The largest absolute Gasteiger partial charge is 0.358 e. The van der Waals surface area contributed by atoms with Crippen LogP contribution in [0.2, 0.25) is 0 Å². The summed E-state index contributed by atoms with van der Waals surface area (Å²) in [7, 11) is 1.56. The van der Waals surface area contributed by atoms with E-state index >= 15 is 0 Å². The molecule has 0 bridgehead atoms. The molecule has 1 aliphatic carbocycles. The number of rotatable bonds is 6. The molecule has 1 N–H and O–H groups in total. The SMILES string of the molecule is CCONC1=CC(=C=O)C(C=Cc2ncc([N+](=O)[O-])n2C)=CC1. The van der Waals surface area contributed by atoms with Gasteiger partial charge in [-0.05, 0) is 29.6 Å². The van der Waals surface area contributed by atoms with E-state index in [2.05, 4.69) is 10.5 Å². The van der Waals surface area contributed by atoms with Crippen molar-refractivity contribution >= 4 is 17.8 Å². The molecule has 0 radical (unpaired) electrons. The van der Waals surface area contributed by atoms with Gasteiger partial charge in [-0.15, -0.1) is 0 Å². The zero-order valence-corrected chi connectivity index (χ0v) is 12.8. The Bertz CT molecular complexity index is 752. The third-order valence-electron chi connectivity index (χ3n) is 3.23. The lowest BCUT2D eigenvalue weighted by molar-refractivity contribution is -0.391. The summed E-state index contributed by atoms with van der Waals surface area (Å²) in [4.78, 5) is 30.5. The van der Waals surface area contributed by atoms with Gasteiger partial charge in [-0.1, -0.05) is 6.08 Å². The number of nitrogens with one attached hydrogen (secondary N) is 1. The van der Waals surface area contributed by atoms with Gasteiger partial charge in [0.15, 0.2) is 0 Å². The third kappa shape index (κ3) is 3.82. The van der Waals surface area contributed by atoms with Crippen LogP contribution in [0.4, 0.5) is 5.82 Å². The molecular formula is C15H16N4O4. The number of imidazole rings is 1. The monoisotopic (exact) mass is 316 g/mol. The predicted octanol–water partition coefficient (Wildman–Crippen LogP) is 1.85. The Morgan fingerprint density at radius 3 is 2.96 bits per heavy atom. The second-order valence-corrected chi connectivity index (χ2v) is 4.71. The van der Waals surface area contributed by atoms with E-state index in [0.29, 0.717) is 30.0 Å². The highest BCUT2D eigenvalue weighted by atomic mass is 16.6. The molecule has 0 amide bonds. The van der Waals surface area contributed by atoms with Gasteiger partial charge in [-0.2, -0.15) is 0 Å². The van der Waals surface area contributed by atoms with Crippen molar-refractivity contribution in [3.8, 4) is 0 Å². The summed E-state index contributed by atoms with van der Waals surface area (Å²) >= 11 is 0. The van der Waals surface area contributed by atoms with Crippen molar-refractivity contribution in [2.24, 2.45) is 7.05 Å². The standard InChI is InChI=1S/C15H16N4O4/c1-3-23-17-13-6-4-11(12(8-13)10-20)5-7-14-16-9-15(18(14)2)19(21)22/h4-5,7-9,17H,3,6H2,1-2H3. The topological polar surface area (TPSA) is 99.3 Å². The quantitative estimate of drug-likeness (QED) is 0.488. The Kier molecular flexibility index (Phi) is 5.24. The minimum Gasteiger partial charge on any atom is -0.358 e. The highest BCUT2D eigenvalue weighted by molar-refractivity contribution is 5.71. The minimum atomic E-state index is -0.505. The molecule has 0 aliphatic heterocycles. The summed E-state index contributed by atoms with van der Waals surface area (Å²) in [6.45, 7) is 2.36. The summed E-state index contributed by atoms with van der Waals surface area (Å²) in [5, 5.41) is 10.8. The number of hydrogen-bond donors (Lipinski definition) is 1. The lowest BCUT2D eigenvalue weighted by atomic mass is 9.98. The molecule has 1 aromatic heterocycles. The van der Waals surface area contributed by atoms with E-state index in [1.807, 2.05) is 18.9 Å². The summed E-state index contributed by atoms with van der Waals surface area (Å²) in [6, 6.07) is 0. The first-order valence-corrected chi connectivity index (χ1v) is 6.95. The van der Waals surface area contributed by atoms with Gasteiger partial charge in [0.25, 0.3) is 0 Å². The molecule has 120 valence electrons. The average Bonchev–Trinajstić information content (AvgIpc) is 2.92. The predicted molar refractivity (Wildman–Crippen MR) is 83.6 cm³/mol. The fourth-order valence-corrected chi connectivity index (χ4v) is 2.03. The van der Waals surface area contributed by atoms with Gasteiger partial charge in [-0.25, -0.2) is 14.3 Å². The number of hydroxylamine groups is 1. The van der Waals surface area contributed by atoms with Crippen LogP contribution in [0.1, 0.15) is 19.2 Å². The van der Waals surface area contributed by atoms with Crippen LogP contribution in [-0.4, -0.2) is 27.0 Å². The number of carbonyl (C=O) groups excluding carboxylic acids is 1. The Balaban J connectivity index is 2.16. The maximum atomic E-state index is 11.1. The van der Waals surface area contributed by atoms with Crippen molar-refractivity contribution in [2.75, 3.05) is 6.61 Å². The molecule has 8 nitrogen and oxygen atoms in total. The molecule has 0 unspecified atom stereocenters. The van der Waals surface area contributed by atoms with E-state index in [-0.39, 0.29) is 5.82 Å². The first-order valence-electron chi connectivity index (χ1n) is 6.95. The maximum Gasteiger partial charge on any atom is 0.342 e. The minimum absolute atomic E-state index is 0.100. The summed E-state index contributed by atoms with van der Waals surface area (Å²) < 4.78 is 1.36. The first kappa shape index (κ1) is 16.4. The van der Waals surface area contributed by atoms with Crippen molar-refractivity contribution in [2.45, 2.75) is 13.3 Å². The normalized spacial score (nSPS) is 14.4. The lowest BCUT2D eigenvalue weighted by Crippen LogP contribution is -2.15. The molecule has 1 heterocycles. The van der Waals surface area contributed by atoms with E-state index in [9.17, 15) is 14.9 Å². The van der Waals surface area contributed by atoms with Gasteiger partial charge in [-0.3, -0.25) is 10.3 Å². The zero-order chi connectivity index (χ0) is 16.8. The van der Waals surface area contributed by atoms with E-state index in [0.717, 1.165) is 5.70 Å². The molecule has 0 atom stereocenters. The Hall–Kier alpha value is -2.96. The second kappa shape index (κ2) is 7.35. The second-order valence-electron chi connectivity index (χ2n) is 4.71. The molecule has 8 heteroatoms. The van der Waals surface area contributed by atoms with Crippen LogP contribution in [-0.2, 0) is 16.7 Å². The fraction of sp³-hybridized carbons (Fsp3) is 0.267. The Labute approximate surface area is 132 Å². The van der Waals surface area contributed by atoms with Gasteiger partial charge in [0, 0.05) is 18.2 Å². The van der Waals surface area contributed by atoms with Gasteiger partial charge in [0.2, 0.25) is 5.82 Å². The Morgan fingerprint density at radius 2 is 2.35 bits per heavy atom. The summed E-state index contributed by atoms with van der Waals surface area (Å²) in [6.07, 6.45) is 8.56. The highest BCUT2D eigenvalue weighted by Gasteiger charge is 2.15. The lowest BCUT2D eigenvalue weighted by Gasteiger charge is -2.13. The zero-order valence-electron chi connectivity index (χ0n) is 12.8. The maximum absolute atomic E-state index is 11.1. The van der Waals surface area contributed by atoms with E-state index in [1.165, 1.54) is 10.8 Å². The number of nitrogens with zero attached hydrogens (tertiary/aromatic N) is 3. The van der Waals surface area contributed by atoms with Crippen molar-refractivity contribution in [1.82, 2.24) is 15.0 Å². The molecule has 1 aliphatic rings. The average molecular weight is 316 g/mol. The van der Waals surface area contributed by atoms with Gasteiger partial charge in [0.1, 0.15) is 12.1 Å². The van der Waals surface area contributed by atoms with Crippen LogP contribution in [0.25, 0.3) is 6.08 Å². The van der Waals surface area contributed by atoms with Crippen LogP contribution >= 0.6 is 0 Å². The number of aromatic nitrogens is 2. The van der Waals surface area contributed by atoms with E-state index in [4.69, 9.17) is 4.84 Å². The van der Waals surface area contributed by atoms with Crippen molar-refractivity contribution in [1.29, 1.82) is 0 Å². The molecule has 0 aromatic carbocycles. The molecule has 2 rings (SSSR count). The van der Waals surface area contributed by atoms with Crippen LogP contribution in [0, 0.1) is 10.1 Å². The van der Waals surface area contributed by atoms with Crippen molar-refractivity contribution in [3.05, 3.63) is 57.2 Å². The molecular weight excluding hydrogens is 300 g/mol. The number of hydrogen-bond acceptors (Lipinski definition) is 6.